The number of amides is 2. The van der Waals surface area contributed by atoms with E-state index in [-0.39, 0.29) is 17.9 Å². The number of carbonyl (C=O) groups excluding carboxylic acids is 2. The molecule has 0 spiro atoms. The Labute approximate surface area is 87.2 Å². The zero-order valence-electron chi connectivity index (χ0n) is 7.91. The zero-order chi connectivity index (χ0) is 9.97. The van der Waals surface area contributed by atoms with Gasteiger partial charge in [0.05, 0.1) is 12.5 Å². The van der Waals surface area contributed by atoms with Crippen LogP contribution in [0.25, 0.3) is 0 Å². The number of imide groups is 1. The van der Waals surface area contributed by atoms with Crippen LogP contribution in [0.4, 0.5) is 0 Å². The molecule has 0 aromatic carbocycles. The predicted octanol–water partition coefficient (Wildman–Crippen LogP) is -0.113. The fourth-order valence-corrected chi connectivity index (χ4v) is 2.94. The van der Waals surface area contributed by atoms with Crippen LogP contribution in [0.1, 0.15) is 19.3 Å². The van der Waals surface area contributed by atoms with E-state index in [2.05, 4.69) is 10.6 Å². The molecule has 0 radical (unpaired) electrons. The molecular weight excluding hydrogens is 200 g/mol. The van der Waals surface area contributed by atoms with Crippen LogP contribution in [0.5, 0.6) is 0 Å². The number of rotatable bonds is 2. The lowest BCUT2D eigenvalue weighted by Gasteiger charge is -2.24. The molecule has 2 aliphatic rings. The molecule has 2 saturated heterocycles. The minimum absolute atomic E-state index is 0.155. The summed E-state index contributed by atoms with van der Waals surface area (Å²) in [5.74, 6) is 1.99. The molecule has 78 valence electrons. The van der Waals surface area contributed by atoms with E-state index in [1.165, 1.54) is 0 Å². The average Bonchev–Trinajstić information content (AvgIpc) is 2.47. The fourth-order valence-electron chi connectivity index (χ4n) is 1.84. The highest BCUT2D eigenvalue weighted by atomic mass is 32.2. The summed E-state index contributed by atoms with van der Waals surface area (Å²) >= 11 is 1.95. The van der Waals surface area contributed by atoms with Gasteiger partial charge in [0.25, 0.3) is 0 Å². The second-order valence-corrected chi connectivity index (χ2v) is 4.95. The summed E-state index contributed by atoms with van der Waals surface area (Å²) in [7, 11) is 0. The Morgan fingerprint density at radius 3 is 2.57 bits per heavy atom. The summed E-state index contributed by atoms with van der Waals surface area (Å²) in [5, 5.41) is 5.56. The van der Waals surface area contributed by atoms with Gasteiger partial charge in [0, 0.05) is 6.04 Å². The van der Waals surface area contributed by atoms with Gasteiger partial charge in [-0.1, -0.05) is 0 Å². The third-order valence-electron chi connectivity index (χ3n) is 2.63. The lowest BCUT2D eigenvalue weighted by molar-refractivity contribution is -0.125. The Morgan fingerprint density at radius 2 is 2.00 bits per heavy atom. The zero-order valence-corrected chi connectivity index (χ0v) is 8.73. The van der Waals surface area contributed by atoms with Gasteiger partial charge in [0.1, 0.15) is 0 Å². The van der Waals surface area contributed by atoms with Crippen molar-refractivity contribution in [3.05, 3.63) is 0 Å². The van der Waals surface area contributed by atoms with Crippen molar-refractivity contribution in [2.75, 3.05) is 11.5 Å². The summed E-state index contributed by atoms with van der Waals surface area (Å²) in [4.78, 5) is 22.2. The maximum Gasteiger partial charge on any atom is 0.244 e. The van der Waals surface area contributed by atoms with Gasteiger partial charge < -0.3 is 5.32 Å². The molecule has 2 heterocycles. The summed E-state index contributed by atoms with van der Waals surface area (Å²) in [6.45, 7) is 0. The van der Waals surface area contributed by atoms with E-state index in [0.29, 0.717) is 12.5 Å². The van der Waals surface area contributed by atoms with Gasteiger partial charge in [-0.25, -0.2) is 0 Å². The highest BCUT2D eigenvalue weighted by Gasteiger charge is 2.32. The monoisotopic (exact) mass is 214 g/mol. The molecule has 4 nitrogen and oxygen atoms in total. The van der Waals surface area contributed by atoms with E-state index >= 15 is 0 Å². The first-order valence-electron chi connectivity index (χ1n) is 4.93. The topological polar surface area (TPSA) is 58.2 Å². The van der Waals surface area contributed by atoms with Gasteiger partial charge >= 0.3 is 0 Å². The van der Waals surface area contributed by atoms with Crippen LogP contribution in [0, 0.1) is 0 Å². The Balaban J connectivity index is 1.84. The molecule has 14 heavy (non-hydrogen) atoms. The Kier molecular flexibility index (Phi) is 3.08. The summed E-state index contributed by atoms with van der Waals surface area (Å²) in [6, 6.07) is 0.133. The van der Waals surface area contributed by atoms with Gasteiger partial charge in [-0.2, -0.15) is 11.8 Å². The van der Waals surface area contributed by atoms with E-state index in [1.807, 2.05) is 11.8 Å². The fraction of sp³-hybridized carbons (Fsp3) is 0.778. The standard InChI is InChI=1S/C9H14N2O2S/c12-8-5-7(9(13)11-8)10-6-1-3-14-4-2-6/h6-7,10H,1-5H2,(H,11,12,13). The molecule has 0 aromatic heterocycles. The first kappa shape index (κ1) is 9.98. The summed E-state index contributed by atoms with van der Waals surface area (Å²) < 4.78 is 0. The number of carbonyl (C=O) groups is 2. The molecule has 2 N–H and O–H groups in total. The van der Waals surface area contributed by atoms with Crippen molar-refractivity contribution < 1.29 is 9.59 Å². The highest BCUT2D eigenvalue weighted by Crippen LogP contribution is 2.18. The van der Waals surface area contributed by atoms with Gasteiger partial charge in [0.15, 0.2) is 0 Å². The number of nitrogens with one attached hydrogen (secondary N) is 2. The minimum atomic E-state index is -0.282. The van der Waals surface area contributed by atoms with Crippen molar-refractivity contribution >= 4 is 23.6 Å². The summed E-state index contributed by atoms with van der Waals surface area (Å²) in [5.41, 5.74) is 0. The van der Waals surface area contributed by atoms with Crippen molar-refractivity contribution in [3.63, 3.8) is 0 Å². The van der Waals surface area contributed by atoms with Crippen LogP contribution in [0.2, 0.25) is 0 Å². The Hall–Kier alpha value is -0.550. The predicted molar refractivity (Wildman–Crippen MR) is 55.0 cm³/mol. The lowest BCUT2D eigenvalue weighted by Crippen LogP contribution is -2.44. The SMILES string of the molecule is O=C1CC(NC2CCSCC2)C(=O)N1. The van der Waals surface area contributed by atoms with Crippen molar-refractivity contribution in [1.82, 2.24) is 10.6 Å². The van der Waals surface area contributed by atoms with E-state index in [4.69, 9.17) is 0 Å². The first-order chi connectivity index (χ1) is 6.75. The molecule has 2 aliphatic heterocycles. The highest BCUT2D eigenvalue weighted by molar-refractivity contribution is 7.99. The first-order valence-corrected chi connectivity index (χ1v) is 6.08. The third-order valence-corrected chi connectivity index (χ3v) is 3.68. The molecule has 1 unspecified atom stereocenters. The van der Waals surface area contributed by atoms with Crippen molar-refractivity contribution in [2.24, 2.45) is 0 Å². The van der Waals surface area contributed by atoms with E-state index in [1.54, 1.807) is 0 Å². The molecule has 0 saturated carbocycles. The average molecular weight is 214 g/mol. The van der Waals surface area contributed by atoms with Gasteiger partial charge in [-0.15, -0.1) is 0 Å². The molecular formula is C9H14N2O2S. The largest absolute Gasteiger partial charge is 0.303 e. The van der Waals surface area contributed by atoms with Crippen molar-refractivity contribution in [1.29, 1.82) is 0 Å². The minimum Gasteiger partial charge on any atom is -0.303 e. The number of hydrogen-bond acceptors (Lipinski definition) is 4. The molecule has 0 aliphatic carbocycles. The molecule has 0 bridgehead atoms. The van der Waals surface area contributed by atoms with Gasteiger partial charge in [-0.3, -0.25) is 14.9 Å². The second-order valence-electron chi connectivity index (χ2n) is 3.72. The van der Waals surface area contributed by atoms with E-state index < -0.39 is 0 Å². The number of thioether (sulfide) groups is 1. The maximum absolute atomic E-state index is 11.3. The van der Waals surface area contributed by atoms with E-state index in [0.717, 1.165) is 24.3 Å². The Bertz CT molecular complexity index is 251. The quantitative estimate of drug-likeness (QED) is 0.630. The van der Waals surface area contributed by atoms with Crippen LogP contribution < -0.4 is 10.6 Å². The maximum atomic E-state index is 11.3. The third kappa shape index (κ3) is 2.27. The second kappa shape index (κ2) is 4.31. The van der Waals surface area contributed by atoms with E-state index in [9.17, 15) is 9.59 Å². The van der Waals surface area contributed by atoms with Crippen LogP contribution >= 0.6 is 11.8 Å². The molecule has 2 rings (SSSR count). The van der Waals surface area contributed by atoms with Crippen LogP contribution in [-0.2, 0) is 9.59 Å². The molecule has 2 amide bonds. The molecule has 2 fully saturated rings. The van der Waals surface area contributed by atoms with Crippen LogP contribution in [-0.4, -0.2) is 35.4 Å². The lowest BCUT2D eigenvalue weighted by atomic mass is 10.1. The van der Waals surface area contributed by atoms with Crippen LogP contribution in [0.15, 0.2) is 0 Å². The van der Waals surface area contributed by atoms with Crippen LogP contribution in [0.3, 0.4) is 0 Å². The van der Waals surface area contributed by atoms with Crippen molar-refractivity contribution in [3.8, 4) is 0 Å². The summed E-state index contributed by atoms with van der Waals surface area (Å²) in [6.07, 6.45) is 2.51. The molecule has 1 atom stereocenters. The number of hydrogen-bond donors (Lipinski definition) is 2. The van der Waals surface area contributed by atoms with Gasteiger partial charge in [0.2, 0.25) is 11.8 Å². The smallest absolute Gasteiger partial charge is 0.244 e. The molecule has 0 aromatic rings. The molecule has 5 heteroatoms. The Morgan fingerprint density at radius 1 is 1.29 bits per heavy atom. The van der Waals surface area contributed by atoms with Gasteiger partial charge in [-0.05, 0) is 24.3 Å². The normalized spacial score (nSPS) is 29.3. The van der Waals surface area contributed by atoms with Crippen molar-refractivity contribution in [2.45, 2.75) is 31.3 Å².